The van der Waals surface area contributed by atoms with Gasteiger partial charge in [0, 0.05) is 4.90 Å². The Morgan fingerprint density at radius 2 is 1.40 bits per heavy atom. The summed E-state index contributed by atoms with van der Waals surface area (Å²) in [5.74, 6) is 0. The molecule has 0 aliphatic carbocycles. The zero-order valence-electron chi connectivity index (χ0n) is 11.7. The Balaban J connectivity index is 2.12. The van der Waals surface area contributed by atoms with Gasteiger partial charge in [-0.05, 0) is 57.1 Å². The lowest BCUT2D eigenvalue weighted by Crippen LogP contribution is -2.41. The molecule has 20 heavy (non-hydrogen) atoms. The Hall–Kier alpha value is -0.655. The maximum atomic E-state index is 12.3. The third-order valence-electron chi connectivity index (χ3n) is 3.64. The lowest BCUT2D eigenvalue weighted by Gasteiger charge is -2.32. The highest BCUT2D eigenvalue weighted by Gasteiger charge is 2.51. The van der Waals surface area contributed by atoms with E-state index in [-0.39, 0.29) is 16.7 Å². The highest BCUT2D eigenvalue weighted by molar-refractivity contribution is 8.00. The number of hydrogen-bond acceptors (Lipinski definition) is 3. The molecule has 2 nitrogen and oxygen atoms in total. The molecule has 0 aromatic heterocycles. The zero-order chi connectivity index (χ0) is 15.2. The summed E-state index contributed by atoms with van der Waals surface area (Å²) in [6.45, 7) is 7.73. The Bertz CT molecular complexity index is 469. The third kappa shape index (κ3) is 3.32. The van der Waals surface area contributed by atoms with Gasteiger partial charge in [0.2, 0.25) is 0 Å². The fourth-order valence-electron chi connectivity index (χ4n) is 1.81. The molecule has 0 bridgehead atoms. The number of benzene rings is 1. The van der Waals surface area contributed by atoms with Gasteiger partial charge in [-0.15, -0.1) is 0 Å². The Morgan fingerprint density at radius 1 is 0.950 bits per heavy atom. The first-order valence-corrected chi connectivity index (χ1v) is 7.03. The molecule has 0 spiro atoms. The quantitative estimate of drug-likeness (QED) is 0.614. The molecule has 0 unspecified atom stereocenters. The van der Waals surface area contributed by atoms with Gasteiger partial charge in [-0.2, -0.15) is 13.2 Å². The number of alkyl halides is 3. The van der Waals surface area contributed by atoms with Crippen molar-refractivity contribution < 1.29 is 22.5 Å². The fourth-order valence-corrected chi connectivity index (χ4v) is 2.35. The second kappa shape index (κ2) is 4.96. The van der Waals surface area contributed by atoms with Crippen LogP contribution in [0.1, 0.15) is 27.7 Å². The maximum absolute atomic E-state index is 12.3. The normalized spacial score (nSPS) is 21.2. The zero-order valence-corrected chi connectivity index (χ0v) is 12.6. The molecule has 1 aliphatic rings. The van der Waals surface area contributed by atoms with E-state index in [1.807, 2.05) is 27.7 Å². The first kappa shape index (κ1) is 15.7. The first-order chi connectivity index (χ1) is 9.00. The van der Waals surface area contributed by atoms with Gasteiger partial charge in [-0.1, -0.05) is 12.1 Å². The highest BCUT2D eigenvalue weighted by Crippen LogP contribution is 2.38. The van der Waals surface area contributed by atoms with Crippen molar-refractivity contribution >= 4 is 24.3 Å². The van der Waals surface area contributed by atoms with Crippen molar-refractivity contribution in [2.24, 2.45) is 0 Å². The largest absolute Gasteiger partial charge is 0.494 e. The Kier molecular flexibility index (Phi) is 3.90. The van der Waals surface area contributed by atoms with Crippen LogP contribution in [0.15, 0.2) is 29.2 Å². The lowest BCUT2D eigenvalue weighted by molar-refractivity contribution is -0.0328. The van der Waals surface area contributed by atoms with Crippen LogP contribution in [0.5, 0.6) is 0 Å². The van der Waals surface area contributed by atoms with Crippen molar-refractivity contribution in [3.05, 3.63) is 24.3 Å². The van der Waals surface area contributed by atoms with Crippen molar-refractivity contribution in [3.8, 4) is 0 Å². The summed E-state index contributed by atoms with van der Waals surface area (Å²) in [7, 11) is -0.551. The van der Waals surface area contributed by atoms with Gasteiger partial charge in [-0.3, -0.25) is 0 Å². The second-order valence-corrected chi connectivity index (χ2v) is 6.84. The maximum Gasteiger partial charge on any atom is 0.494 e. The van der Waals surface area contributed by atoms with E-state index >= 15 is 0 Å². The summed E-state index contributed by atoms with van der Waals surface area (Å²) < 4.78 is 48.5. The van der Waals surface area contributed by atoms with Crippen LogP contribution in [-0.4, -0.2) is 23.8 Å². The SMILES string of the molecule is CC1(C)OB(c2ccc(SC(F)(F)F)cc2)OC1(C)C. The number of thioether (sulfide) groups is 1. The van der Waals surface area contributed by atoms with Crippen molar-refractivity contribution in [2.75, 3.05) is 0 Å². The topological polar surface area (TPSA) is 18.5 Å². The van der Waals surface area contributed by atoms with Crippen LogP contribution in [-0.2, 0) is 9.31 Å². The van der Waals surface area contributed by atoms with Crippen molar-refractivity contribution in [1.29, 1.82) is 0 Å². The Labute approximate surface area is 121 Å². The lowest BCUT2D eigenvalue weighted by atomic mass is 9.79. The predicted octanol–water partition coefficient (Wildman–Crippen LogP) is 3.60. The Morgan fingerprint density at radius 3 is 1.80 bits per heavy atom. The molecule has 1 aromatic carbocycles. The molecule has 0 radical (unpaired) electrons. The van der Waals surface area contributed by atoms with E-state index < -0.39 is 23.8 Å². The first-order valence-electron chi connectivity index (χ1n) is 6.21. The summed E-state index contributed by atoms with van der Waals surface area (Å²) in [6.07, 6.45) is 0. The van der Waals surface area contributed by atoms with Crippen molar-refractivity contribution in [3.63, 3.8) is 0 Å². The van der Waals surface area contributed by atoms with Crippen LogP contribution in [0.2, 0.25) is 0 Å². The van der Waals surface area contributed by atoms with Gasteiger partial charge in [0.25, 0.3) is 0 Å². The minimum absolute atomic E-state index is 0.130. The summed E-state index contributed by atoms with van der Waals surface area (Å²) in [5.41, 5.74) is -4.48. The molecule has 7 heteroatoms. The number of halogens is 3. The number of rotatable bonds is 2. The van der Waals surface area contributed by atoms with E-state index in [1.165, 1.54) is 12.1 Å². The molecule has 1 fully saturated rings. The van der Waals surface area contributed by atoms with Gasteiger partial charge in [0.15, 0.2) is 0 Å². The molecule has 1 aromatic rings. The van der Waals surface area contributed by atoms with Gasteiger partial charge in [0.1, 0.15) is 0 Å². The second-order valence-electron chi connectivity index (χ2n) is 5.71. The molecule has 2 rings (SSSR count). The van der Waals surface area contributed by atoms with Crippen LogP contribution >= 0.6 is 11.8 Å². The summed E-state index contributed by atoms with van der Waals surface area (Å²) in [5, 5.41) is 0. The number of hydrogen-bond donors (Lipinski definition) is 0. The minimum atomic E-state index is -4.27. The average molecular weight is 304 g/mol. The van der Waals surface area contributed by atoms with Gasteiger partial charge < -0.3 is 9.31 Å². The molecule has 110 valence electrons. The van der Waals surface area contributed by atoms with Crippen LogP contribution in [0, 0.1) is 0 Å². The van der Waals surface area contributed by atoms with Crippen molar-refractivity contribution in [1.82, 2.24) is 0 Å². The van der Waals surface area contributed by atoms with Gasteiger partial charge in [0.05, 0.1) is 11.2 Å². The monoisotopic (exact) mass is 304 g/mol. The average Bonchev–Trinajstić information content (AvgIpc) is 2.47. The molecule has 1 aliphatic heterocycles. The van der Waals surface area contributed by atoms with E-state index in [1.54, 1.807) is 12.1 Å². The molecule has 0 saturated carbocycles. The molecule has 0 atom stereocenters. The third-order valence-corrected chi connectivity index (χ3v) is 4.38. The van der Waals surface area contributed by atoms with Gasteiger partial charge >= 0.3 is 12.6 Å². The van der Waals surface area contributed by atoms with Crippen molar-refractivity contribution in [2.45, 2.75) is 49.3 Å². The van der Waals surface area contributed by atoms with E-state index in [0.29, 0.717) is 0 Å². The van der Waals surface area contributed by atoms with E-state index in [2.05, 4.69) is 0 Å². The van der Waals surface area contributed by atoms with Crippen LogP contribution in [0.4, 0.5) is 13.2 Å². The highest BCUT2D eigenvalue weighted by atomic mass is 32.2. The van der Waals surface area contributed by atoms with Crippen LogP contribution < -0.4 is 5.46 Å². The minimum Gasteiger partial charge on any atom is -0.399 e. The molecule has 1 saturated heterocycles. The van der Waals surface area contributed by atoms with E-state index in [0.717, 1.165) is 5.46 Å². The standard InChI is InChI=1S/C13H16BF3O2S/c1-11(2)12(3,4)19-14(18-11)9-5-7-10(8-6-9)20-13(15,16)17/h5-8H,1-4H3. The van der Waals surface area contributed by atoms with Crippen LogP contribution in [0.3, 0.4) is 0 Å². The fraction of sp³-hybridized carbons (Fsp3) is 0.538. The molecule has 1 heterocycles. The van der Waals surface area contributed by atoms with E-state index in [4.69, 9.17) is 9.31 Å². The van der Waals surface area contributed by atoms with E-state index in [9.17, 15) is 13.2 Å². The summed E-state index contributed by atoms with van der Waals surface area (Å²) in [6, 6.07) is 6.07. The smallest absolute Gasteiger partial charge is 0.399 e. The van der Waals surface area contributed by atoms with Gasteiger partial charge in [-0.25, -0.2) is 0 Å². The molecule has 0 amide bonds. The molecular formula is C13H16BF3O2S. The van der Waals surface area contributed by atoms with Crippen LogP contribution in [0.25, 0.3) is 0 Å². The summed E-state index contributed by atoms with van der Waals surface area (Å²) in [4.78, 5) is 0.151. The predicted molar refractivity (Wildman–Crippen MR) is 74.1 cm³/mol. The summed E-state index contributed by atoms with van der Waals surface area (Å²) >= 11 is -0.130. The molecule has 0 N–H and O–H groups in total. The molecular weight excluding hydrogens is 288 g/mol.